The molecule has 0 amide bonds. The Morgan fingerprint density at radius 3 is 2.69 bits per heavy atom. The lowest BCUT2D eigenvalue weighted by atomic mass is 10.1. The second kappa shape index (κ2) is 4.67. The first-order valence-corrected chi connectivity index (χ1v) is 4.58. The van der Waals surface area contributed by atoms with Crippen LogP contribution in [0.5, 0.6) is 0 Å². The average molecular weight is 173 g/mol. The Hall–Kier alpha value is -1.29. The average Bonchev–Trinajstić information content (AvgIpc) is 2.08. The highest BCUT2D eigenvalue weighted by Gasteiger charge is 1.89. The van der Waals surface area contributed by atoms with Crippen molar-refractivity contribution in [2.75, 3.05) is 0 Å². The Bertz CT molecular complexity index is 311. The van der Waals surface area contributed by atoms with Gasteiger partial charge >= 0.3 is 0 Å². The van der Waals surface area contributed by atoms with Crippen molar-refractivity contribution in [2.24, 2.45) is 5.92 Å². The summed E-state index contributed by atoms with van der Waals surface area (Å²) in [6.45, 7) is 6.18. The molecule has 1 heterocycles. The second-order valence-electron chi connectivity index (χ2n) is 3.46. The van der Waals surface area contributed by atoms with Crippen LogP contribution >= 0.6 is 0 Å². The minimum atomic E-state index is 0.457. The maximum Gasteiger partial charge on any atom is 0.0372 e. The van der Waals surface area contributed by atoms with E-state index in [1.165, 1.54) is 5.56 Å². The summed E-state index contributed by atoms with van der Waals surface area (Å²) in [6, 6.07) is 4.10. The number of aromatic nitrogens is 1. The summed E-state index contributed by atoms with van der Waals surface area (Å²) >= 11 is 0. The summed E-state index contributed by atoms with van der Waals surface area (Å²) in [5.41, 5.74) is 2.25. The van der Waals surface area contributed by atoms with Gasteiger partial charge in [-0.05, 0) is 18.6 Å². The topological polar surface area (TPSA) is 12.9 Å². The highest BCUT2D eigenvalue weighted by atomic mass is 14.6. The third-order valence-electron chi connectivity index (χ3n) is 1.66. The van der Waals surface area contributed by atoms with Crippen molar-refractivity contribution in [3.8, 4) is 11.8 Å². The Balaban J connectivity index is 2.57. The third kappa shape index (κ3) is 3.75. The van der Waals surface area contributed by atoms with Crippen molar-refractivity contribution in [3.05, 3.63) is 29.6 Å². The monoisotopic (exact) mass is 173 g/mol. The van der Waals surface area contributed by atoms with E-state index in [0.717, 1.165) is 12.1 Å². The quantitative estimate of drug-likeness (QED) is 0.595. The summed E-state index contributed by atoms with van der Waals surface area (Å²) in [6.07, 6.45) is 2.70. The molecule has 0 aliphatic rings. The number of hydrogen-bond acceptors (Lipinski definition) is 1. The summed E-state index contributed by atoms with van der Waals surface area (Å²) in [4.78, 5) is 4.21. The fraction of sp³-hybridized carbons (Fsp3) is 0.417. The summed E-state index contributed by atoms with van der Waals surface area (Å²) in [5.74, 6) is 6.72. The molecule has 0 spiro atoms. The Morgan fingerprint density at radius 1 is 1.38 bits per heavy atom. The van der Waals surface area contributed by atoms with E-state index in [4.69, 9.17) is 0 Å². The van der Waals surface area contributed by atoms with Gasteiger partial charge in [-0.2, -0.15) is 0 Å². The maximum atomic E-state index is 4.21. The van der Waals surface area contributed by atoms with Crippen molar-refractivity contribution in [2.45, 2.75) is 27.2 Å². The van der Waals surface area contributed by atoms with Crippen LogP contribution in [-0.4, -0.2) is 4.98 Å². The molecule has 0 aliphatic carbocycles. The third-order valence-corrected chi connectivity index (χ3v) is 1.66. The van der Waals surface area contributed by atoms with Gasteiger partial charge in [0.15, 0.2) is 0 Å². The molecule has 0 unspecified atom stereocenters. The van der Waals surface area contributed by atoms with Crippen molar-refractivity contribution in [1.29, 1.82) is 0 Å². The number of nitrogens with zero attached hydrogens (tertiary/aromatic N) is 1. The van der Waals surface area contributed by atoms with Crippen LogP contribution in [0.2, 0.25) is 0 Å². The lowest BCUT2D eigenvalue weighted by Crippen LogP contribution is -1.86. The molecule has 1 nitrogen and oxygen atoms in total. The molecule has 13 heavy (non-hydrogen) atoms. The van der Waals surface area contributed by atoms with Gasteiger partial charge in [0.25, 0.3) is 0 Å². The highest BCUT2D eigenvalue weighted by molar-refractivity contribution is 5.19. The highest BCUT2D eigenvalue weighted by Crippen LogP contribution is 1.99. The minimum absolute atomic E-state index is 0.457. The van der Waals surface area contributed by atoms with Crippen LogP contribution in [0.25, 0.3) is 0 Å². The van der Waals surface area contributed by atoms with E-state index in [-0.39, 0.29) is 0 Å². The number of hydrogen-bond donors (Lipinski definition) is 0. The SMILES string of the molecule is Cc1ccc(CC#CC(C)C)cn1. The van der Waals surface area contributed by atoms with Gasteiger partial charge in [0.1, 0.15) is 0 Å². The van der Waals surface area contributed by atoms with E-state index in [1.807, 2.05) is 19.2 Å². The van der Waals surface area contributed by atoms with E-state index in [0.29, 0.717) is 5.92 Å². The van der Waals surface area contributed by atoms with Crippen LogP contribution < -0.4 is 0 Å². The fourth-order valence-corrected chi connectivity index (χ4v) is 0.960. The lowest BCUT2D eigenvalue weighted by molar-refractivity contribution is 0.865. The van der Waals surface area contributed by atoms with Gasteiger partial charge in [0, 0.05) is 24.2 Å². The number of aryl methyl sites for hydroxylation is 1. The molecule has 0 N–H and O–H groups in total. The molecule has 68 valence electrons. The minimum Gasteiger partial charge on any atom is -0.261 e. The predicted molar refractivity (Wildman–Crippen MR) is 55.3 cm³/mol. The van der Waals surface area contributed by atoms with Crippen molar-refractivity contribution >= 4 is 0 Å². The number of rotatable bonds is 1. The molecule has 0 bridgehead atoms. The van der Waals surface area contributed by atoms with Crippen LogP contribution in [0.1, 0.15) is 25.1 Å². The molecule has 1 rings (SSSR count). The molecular formula is C12H15N. The zero-order chi connectivity index (χ0) is 9.68. The van der Waals surface area contributed by atoms with Gasteiger partial charge in [-0.25, -0.2) is 0 Å². The molecule has 1 heteroatoms. The molecule has 0 fully saturated rings. The van der Waals surface area contributed by atoms with Gasteiger partial charge in [-0.1, -0.05) is 25.8 Å². The largest absolute Gasteiger partial charge is 0.261 e. The van der Waals surface area contributed by atoms with Crippen LogP contribution in [0, 0.1) is 24.7 Å². The van der Waals surface area contributed by atoms with Gasteiger partial charge < -0.3 is 0 Å². The molecule has 0 aliphatic heterocycles. The Morgan fingerprint density at radius 2 is 2.15 bits per heavy atom. The molecule has 0 saturated heterocycles. The first kappa shape index (κ1) is 9.80. The predicted octanol–water partition coefficient (Wildman–Crippen LogP) is 2.59. The van der Waals surface area contributed by atoms with Crippen molar-refractivity contribution in [3.63, 3.8) is 0 Å². The van der Waals surface area contributed by atoms with Crippen LogP contribution in [-0.2, 0) is 6.42 Å². The normalized spacial score (nSPS) is 9.54. The van der Waals surface area contributed by atoms with Crippen LogP contribution in [0.3, 0.4) is 0 Å². The van der Waals surface area contributed by atoms with Gasteiger partial charge in [0.05, 0.1) is 0 Å². The van der Waals surface area contributed by atoms with E-state index in [9.17, 15) is 0 Å². The van der Waals surface area contributed by atoms with Crippen molar-refractivity contribution < 1.29 is 0 Å². The zero-order valence-corrected chi connectivity index (χ0v) is 8.46. The maximum absolute atomic E-state index is 4.21. The van der Waals surface area contributed by atoms with E-state index in [2.05, 4.69) is 36.7 Å². The van der Waals surface area contributed by atoms with E-state index >= 15 is 0 Å². The molecule has 1 aromatic heterocycles. The lowest BCUT2D eigenvalue weighted by Gasteiger charge is -1.94. The van der Waals surface area contributed by atoms with Gasteiger partial charge in [-0.15, -0.1) is 5.92 Å². The van der Waals surface area contributed by atoms with Gasteiger partial charge in [0.2, 0.25) is 0 Å². The molecule has 0 atom stereocenters. The molecule has 0 saturated carbocycles. The molecule has 0 radical (unpaired) electrons. The molecule has 1 aromatic rings. The summed E-state index contributed by atoms with van der Waals surface area (Å²) < 4.78 is 0. The first-order valence-electron chi connectivity index (χ1n) is 4.58. The standard InChI is InChI=1S/C12H15N/c1-10(2)5-4-6-12-8-7-11(3)13-9-12/h7-10H,6H2,1-3H3. The molecular weight excluding hydrogens is 158 g/mol. The van der Waals surface area contributed by atoms with Gasteiger partial charge in [-0.3, -0.25) is 4.98 Å². The fourth-order valence-electron chi connectivity index (χ4n) is 0.960. The zero-order valence-electron chi connectivity index (χ0n) is 8.46. The Labute approximate surface area is 80.2 Å². The van der Waals surface area contributed by atoms with Crippen LogP contribution in [0.15, 0.2) is 18.3 Å². The smallest absolute Gasteiger partial charge is 0.0372 e. The summed E-state index contributed by atoms with van der Waals surface area (Å²) in [7, 11) is 0. The van der Waals surface area contributed by atoms with E-state index < -0.39 is 0 Å². The van der Waals surface area contributed by atoms with E-state index in [1.54, 1.807) is 0 Å². The second-order valence-corrected chi connectivity index (χ2v) is 3.46. The summed E-state index contributed by atoms with van der Waals surface area (Å²) in [5, 5.41) is 0. The van der Waals surface area contributed by atoms with Crippen LogP contribution in [0.4, 0.5) is 0 Å². The molecule has 0 aromatic carbocycles. The number of pyridine rings is 1. The Kier molecular flexibility index (Phi) is 3.52. The first-order chi connectivity index (χ1) is 6.18. The van der Waals surface area contributed by atoms with Crippen molar-refractivity contribution in [1.82, 2.24) is 4.98 Å².